The number of rotatable bonds is 8. The Balaban J connectivity index is 1.62. The lowest BCUT2D eigenvalue weighted by atomic mass is 9.63. The lowest BCUT2D eigenvalue weighted by Gasteiger charge is -2.53. The highest BCUT2D eigenvalue weighted by molar-refractivity contribution is 5.38. The molecular formula is C25H35N3O4. The fourth-order valence-electron chi connectivity index (χ4n) is 5.45. The Hall–Kier alpha value is -2.38. The highest BCUT2D eigenvalue weighted by Gasteiger charge is 2.53. The van der Waals surface area contributed by atoms with Crippen LogP contribution in [-0.2, 0) is 12.1 Å². The molecular weight excluding hydrogens is 406 g/mol. The Bertz CT molecular complexity index is 921. The standard InChI is InChI=1S/C25H35N3O4/c1-5-31-23-21(13-26-24(27-23)32-6-2)25(29)19-8-7-9-20(25)16-28(15-19)14-18-12-17(3)10-11-22(18)30-4/h10-13,19-20,29H,5-9,14-16H2,1-4H3/t19-,20+,25?. The van der Waals surface area contributed by atoms with Crippen LogP contribution in [0.5, 0.6) is 17.6 Å². The molecule has 2 aromatic rings. The molecule has 1 saturated carbocycles. The molecule has 2 heterocycles. The summed E-state index contributed by atoms with van der Waals surface area (Å²) in [6.07, 6.45) is 4.77. The number of ether oxygens (including phenoxy) is 3. The number of hydrogen-bond donors (Lipinski definition) is 1. The van der Waals surface area contributed by atoms with Crippen LogP contribution in [0.15, 0.2) is 24.4 Å². The van der Waals surface area contributed by atoms with Crippen LogP contribution in [0.1, 0.15) is 49.8 Å². The Kier molecular flexibility index (Phi) is 6.86. The highest BCUT2D eigenvalue weighted by atomic mass is 16.5. The summed E-state index contributed by atoms with van der Waals surface area (Å²) in [5, 5.41) is 12.1. The molecule has 2 bridgehead atoms. The van der Waals surface area contributed by atoms with E-state index in [-0.39, 0.29) is 17.8 Å². The number of aryl methyl sites for hydroxylation is 1. The Morgan fingerprint density at radius 3 is 2.50 bits per heavy atom. The molecule has 0 spiro atoms. The first-order valence-corrected chi connectivity index (χ1v) is 11.7. The molecule has 32 heavy (non-hydrogen) atoms. The lowest BCUT2D eigenvalue weighted by molar-refractivity contribution is -0.150. The average molecular weight is 442 g/mol. The van der Waals surface area contributed by atoms with Crippen LogP contribution in [0.3, 0.4) is 0 Å². The minimum Gasteiger partial charge on any atom is -0.496 e. The number of nitrogens with zero attached hydrogens (tertiary/aromatic N) is 3. The number of fused-ring (bicyclic) bond motifs is 2. The van der Waals surface area contributed by atoms with Gasteiger partial charge in [0.15, 0.2) is 0 Å². The molecule has 7 heteroatoms. The molecule has 1 unspecified atom stereocenters. The van der Waals surface area contributed by atoms with E-state index in [2.05, 4.69) is 33.9 Å². The molecule has 7 nitrogen and oxygen atoms in total. The van der Waals surface area contributed by atoms with Crippen molar-refractivity contribution >= 4 is 0 Å². The Morgan fingerprint density at radius 2 is 1.84 bits per heavy atom. The lowest BCUT2D eigenvalue weighted by Crippen LogP contribution is -2.58. The van der Waals surface area contributed by atoms with Crippen LogP contribution in [0.4, 0.5) is 0 Å². The van der Waals surface area contributed by atoms with E-state index in [1.807, 2.05) is 19.9 Å². The van der Waals surface area contributed by atoms with E-state index in [9.17, 15) is 5.11 Å². The van der Waals surface area contributed by atoms with Crippen molar-refractivity contribution in [3.05, 3.63) is 41.1 Å². The summed E-state index contributed by atoms with van der Waals surface area (Å²) in [6, 6.07) is 6.60. The fraction of sp³-hybridized carbons (Fsp3) is 0.600. The minimum absolute atomic E-state index is 0.0894. The number of methoxy groups -OCH3 is 1. The van der Waals surface area contributed by atoms with E-state index >= 15 is 0 Å². The van der Waals surface area contributed by atoms with E-state index in [1.165, 1.54) is 11.1 Å². The van der Waals surface area contributed by atoms with Gasteiger partial charge < -0.3 is 19.3 Å². The van der Waals surface area contributed by atoms with Gasteiger partial charge in [0.25, 0.3) is 0 Å². The van der Waals surface area contributed by atoms with Crippen molar-refractivity contribution in [2.24, 2.45) is 11.8 Å². The van der Waals surface area contributed by atoms with Crippen molar-refractivity contribution in [2.75, 3.05) is 33.4 Å². The van der Waals surface area contributed by atoms with Crippen LogP contribution in [0.25, 0.3) is 0 Å². The molecule has 1 aliphatic carbocycles. The summed E-state index contributed by atoms with van der Waals surface area (Å²) >= 11 is 0. The number of hydrogen-bond acceptors (Lipinski definition) is 7. The first-order valence-electron chi connectivity index (χ1n) is 11.7. The van der Waals surface area contributed by atoms with Crippen molar-refractivity contribution in [3.63, 3.8) is 0 Å². The third-order valence-electron chi connectivity index (χ3n) is 6.85. The van der Waals surface area contributed by atoms with Crippen LogP contribution in [0, 0.1) is 18.8 Å². The van der Waals surface area contributed by atoms with Crippen molar-refractivity contribution in [3.8, 4) is 17.6 Å². The van der Waals surface area contributed by atoms with Gasteiger partial charge in [-0.05, 0) is 39.7 Å². The second-order valence-electron chi connectivity index (χ2n) is 8.90. The number of likely N-dealkylation sites (tertiary alicyclic amines) is 1. The number of aromatic nitrogens is 2. The third kappa shape index (κ3) is 4.28. The number of aliphatic hydroxyl groups is 1. The topological polar surface area (TPSA) is 76.9 Å². The second-order valence-corrected chi connectivity index (χ2v) is 8.90. The highest BCUT2D eigenvalue weighted by Crippen LogP contribution is 2.51. The first-order chi connectivity index (χ1) is 15.5. The predicted octanol–water partition coefficient (Wildman–Crippen LogP) is 3.71. The van der Waals surface area contributed by atoms with E-state index < -0.39 is 5.60 Å². The largest absolute Gasteiger partial charge is 0.496 e. The molecule has 1 aliphatic heterocycles. The van der Waals surface area contributed by atoms with Crippen molar-refractivity contribution in [1.82, 2.24) is 14.9 Å². The summed E-state index contributed by atoms with van der Waals surface area (Å²) < 4.78 is 16.9. The molecule has 4 rings (SSSR count). The molecule has 1 saturated heterocycles. The summed E-state index contributed by atoms with van der Waals surface area (Å²) in [5.41, 5.74) is 2.11. The summed E-state index contributed by atoms with van der Waals surface area (Å²) in [6.45, 7) is 9.31. The maximum Gasteiger partial charge on any atom is 0.319 e. The molecule has 3 atom stereocenters. The van der Waals surface area contributed by atoms with E-state index in [1.54, 1.807) is 13.3 Å². The normalized spacial score (nSPS) is 25.4. The van der Waals surface area contributed by atoms with Crippen LogP contribution in [-0.4, -0.2) is 53.4 Å². The van der Waals surface area contributed by atoms with Gasteiger partial charge in [-0.25, -0.2) is 4.98 Å². The third-order valence-corrected chi connectivity index (χ3v) is 6.85. The summed E-state index contributed by atoms with van der Waals surface area (Å²) in [5.74, 6) is 1.54. The second kappa shape index (κ2) is 9.63. The molecule has 2 fully saturated rings. The zero-order chi connectivity index (χ0) is 22.7. The molecule has 174 valence electrons. The van der Waals surface area contributed by atoms with Gasteiger partial charge in [-0.1, -0.05) is 24.1 Å². The predicted molar refractivity (Wildman–Crippen MR) is 122 cm³/mol. The van der Waals surface area contributed by atoms with Crippen molar-refractivity contribution in [1.29, 1.82) is 0 Å². The quantitative estimate of drug-likeness (QED) is 0.669. The van der Waals surface area contributed by atoms with E-state index in [0.717, 1.165) is 44.6 Å². The van der Waals surface area contributed by atoms with E-state index in [0.29, 0.717) is 24.7 Å². The van der Waals surface area contributed by atoms with Gasteiger partial charge in [0.05, 0.1) is 25.9 Å². The molecule has 1 aromatic heterocycles. The monoisotopic (exact) mass is 441 g/mol. The molecule has 1 aromatic carbocycles. The van der Waals surface area contributed by atoms with Crippen molar-refractivity contribution in [2.45, 2.75) is 52.2 Å². The Labute approximate surface area is 190 Å². The van der Waals surface area contributed by atoms with Gasteiger partial charge in [0, 0.05) is 43.2 Å². The van der Waals surface area contributed by atoms with Crippen LogP contribution in [0.2, 0.25) is 0 Å². The van der Waals surface area contributed by atoms with Gasteiger partial charge in [0.1, 0.15) is 11.4 Å². The number of piperidine rings is 1. The maximum absolute atomic E-state index is 12.1. The van der Waals surface area contributed by atoms with Crippen molar-refractivity contribution < 1.29 is 19.3 Å². The molecule has 0 amide bonds. The maximum atomic E-state index is 12.1. The average Bonchev–Trinajstić information content (AvgIpc) is 2.75. The smallest absolute Gasteiger partial charge is 0.319 e. The van der Waals surface area contributed by atoms with Gasteiger partial charge in [0.2, 0.25) is 5.88 Å². The molecule has 0 radical (unpaired) electrons. The number of benzene rings is 1. The van der Waals surface area contributed by atoms with Gasteiger partial charge in [-0.15, -0.1) is 0 Å². The van der Waals surface area contributed by atoms with Crippen LogP contribution < -0.4 is 14.2 Å². The fourth-order valence-corrected chi connectivity index (χ4v) is 5.45. The summed E-state index contributed by atoms with van der Waals surface area (Å²) in [7, 11) is 1.72. The van der Waals surface area contributed by atoms with Gasteiger partial charge in [-0.2, -0.15) is 4.98 Å². The zero-order valence-electron chi connectivity index (χ0n) is 19.6. The van der Waals surface area contributed by atoms with Crippen LogP contribution >= 0.6 is 0 Å². The van der Waals surface area contributed by atoms with Gasteiger partial charge in [-0.3, -0.25) is 4.90 Å². The minimum atomic E-state index is -0.999. The molecule has 1 N–H and O–H groups in total. The van der Waals surface area contributed by atoms with Gasteiger partial charge >= 0.3 is 6.01 Å². The molecule has 2 aliphatic rings. The Morgan fingerprint density at radius 1 is 1.12 bits per heavy atom. The zero-order valence-corrected chi connectivity index (χ0v) is 19.6. The van der Waals surface area contributed by atoms with E-state index in [4.69, 9.17) is 14.2 Å². The first kappa shape index (κ1) is 22.8. The summed E-state index contributed by atoms with van der Waals surface area (Å²) in [4.78, 5) is 11.3. The SMILES string of the molecule is CCOc1ncc(C2(O)[C@@H]3CCC[C@H]2CN(Cc2cc(C)ccc2OC)C3)c(OCC)n1.